The van der Waals surface area contributed by atoms with Crippen LogP contribution >= 0.6 is 0 Å². The zero-order valence-corrected chi connectivity index (χ0v) is 7.83. The highest BCUT2D eigenvalue weighted by Crippen LogP contribution is 2.33. The maximum atomic E-state index is 10.7. The van der Waals surface area contributed by atoms with E-state index in [1.54, 1.807) is 0 Å². The fourth-order valence-corrected chi connectivity index (χ4v) is 1.78. The van der Waals surface area contributed by atoms with Crippen molar-refractivity contribution in [3.63, 3.8) is 0 Å². The van der Waals surface area contributed by atoms with Gasteiger partial charge in [-0.2, -0.15) is 0 Å². The van der Waals surface area contributed by atoms with E-state index in [1.165, 1.54) is 0 Å². The SMILES string of the molecule is Cc1ccc(C=O)c2c1OC(C)C2. The standard InChI is InChI=1S/C11H12O2/c1-7-3-4-9(6-12)10-5-8(2)13-11(7)10/h3-4,6,8H,5H2,1-2H3. The van der Waals surface area contributed by atoms with Crippen molar-refractivity contribution in [2.45, 2.75) is 26.4 Å². The predicted molar refractivity (Wildman–Crippen MR) is 50.4 cm³/mol. The fraction of sp³-hybridized carbons (Fsp3) is 0.364. The molecule has 1 aromatic carbocycles. The number of ether oxygens (including phenoxy) is 1. The van der Waals surface area contributed by atoms with Crippen LogP contribution in [0.5, 0.6) is 5.75 Å². The van der Waals surface area contributed by atoms with Gasteiger partial charge in [0, 0.05) is 17.5 Å². The summed E-state index contributed by atoms with van der Waals surface area (Å²) in [7, 11) is 0. The van der Waals surface area contributed by atoms with Crippen LogP contribution in [0.25, 0.3) is 0 Å². The summed E-state index contributed by atoms with van der Waals surface area (Å²) in [5, 5.41) is 0. The molecule has 0 bridgehead atoms. The summed E-state index contributed by atoms with van der Waals surface area (Å²) >= 11 is 0. The van der Waals surface area contributed by atoms with E-state index in [-0.39, 0.29) is 6.10 Å². The Morgan fingerprint density at radius 1 is 1.54 bits per heavy atom. The Bertz CT molecular complexity index is 355. The van der Waals surface area contributed by atoms with Gasteiger partial charge in [-0.3, -0.25) is 4.79 Å². The van der Waals surface area contributed by atoms with Gasteiger partial charge in [-0.1, -0.05) is 12.1 Å². The highest BCUT2D eigenvalue weighted by molar-refractivity contribution is 5.79. The van der Waals surface area contributed by atoms with Crippen LogP contribution in [-0.2, 0) is 6.42 Å². The highest BCUT2D eigenvalue weighted by atomic mass is 16.5. The van der Waals surface area contributed by atoms with Gasteiger partial charge >= 0.3 is 0 Å². The third-order valence-electron chi connectivity index (χ3n) is 2.43. The quantitative estimate of drug-likeness (QED) is 0.613. The minimum Gasteiger partial charge on any atom is -0.490 e. The molecule has 2 rings (SSSR count). The summed E-state index contributed by atoms with van der Waals surface area (Å²) in [6.45, 7) is 4.03. The Hall–Kier alpha value is -1.31. The number of hydrogen-bond donors (Lipinski definition) is 0. The Morgan fingerprint density at radius 3 is 3.00 bits per heavy atom. The van der Waals surface area contributed by atoms with Gasteiger partial charge in [0.25, 0.3) is 0 Å². The number of aryl methyl sites for hydroxylation is 1. The molecule has 13 heavy (non-hydrogen) atoms. The summed E-state index contributed by atoms with van der Waals surface area (Å²) in [6, 6.07) is 3.79. The van der Waals surface area contributed by atoms with Crippen molar-refractivity contribution in [1.29, 1.82) is 0 Å². The molecule has 0 saturated carbocycles. The first kappa shape index (κ1) is 8.30. The molecule has 0 fully saturated rings. The number of fused-ring (bicyclic) bond motifs is 1. The number of benzene rings is 1. The average Bonchev–Trinajstić information content (AvgIpc) is 2.48. The molecule has 0 amide bonds. The van der Waals surface area contributed by atoms with Crippen LogP contribution in [0.2, 0.25) is 0 Å². The van der Waals surface area contributed by atoms with Gasteiger partial charge in [0.2, 0.25) is 0 Å². The number of carbonyl (C=O) groups excluding carboxylic acids is 1. The largest absolute Gasteiger partial charge is 0.490 e. The van der Waals surface area contributed by atoms with Crippen LogP contribution in [0, 0.1) is 6.92 Å². The Labute approximate surface area is 77.5 Å². The van der Waals surface area contributed by atoms with Crippen LogP contribution in [-0.4, -0.2) is 12.4 Å². The molecule has 0 saturated heterocycles. The van der Waals surface area contributed by atoms with Gasteiger partial charge in [0.05, 0.1) is 0 Å². The van der Waals surface area contributed by atoms with E-state index in [1.807, 2.05) is 26.0 Å². The zero-order valence-electron chi connectivity index (χ0n) is 7.83. The Morgan fingerprint density at radius 2 is 2.31 bits per heavy atom. The first-order valence-electron chi connectivity index (χ1n) is 4.46. The number of carbonyl (C=O) groups is 1. The van der Waals surface area contributed by atoms with Gasteiger partial charge < -0.3 is 4.74 Å². The molecule has 0 N–H and O–H groups in total. The lowest BCUT2D eigenvalue weighted by Crippen LogP contribution is -2.05. The van der Waals surface area contributed by atoms with E-state index < -0.39 is 0 Å². The lowest BCUT2D eigenvalue weighted by Gasteiger charge is -2.05. The van der Waals surface area contributed by atoms with Crippen molar-refractivity contribution in [3.8, 4) is 5.75 Å². The summed E-state index contributed by atoms with van der Waals surface area (Å²) in [5.74, 6) is 0.914. The van der Waals surface area contributed by atoms with Crippen LogP contribution in [0.4, 0.5) is 0 Å². The molecule has 0 radical (unpaired) electrons. The normalized spacial score (nSPS) is 19.4. The lowest BCUT2D eigenvalue weighted by molar-refractivity contribution is 0.112. The van der Waals surface area contributed by atoms with E-state index in [0.717, 1.165) is 35.1 Å². The van der Waals surface area contributed by atoms with Crippen molar-refractivity contribution >= 4 is 6.29 Å². The van der Waals surface area contributed by atoms with Crippen LogP contribution in [0.15, 0.2) is 12.1 Å². The van der Waals surface area contributed by atoms with Crippen LogP contribution in [0.3, 0.4) is 0 Å². The van der Waals surface area contributed by atoms with E-state index in [2.05, 4.69) is 0 Å². The van der Waals surface area contributed by atoms with Gasteiger partial charge in [-0.15, -0.1) is 0 Å². The van der Waals surface area contributed by atoms with Crippen molar-refractivity contribution in [2.75, 3.05) is 0 Å². The minimum atomic E-state index is 0.204. The average molecular weight is 176 g/mol. The molecule has 1 atom stereocenters. The van der Waals surface area contributed by atoms with E-state index in [4.69, 9.17) is 4.74 Å². The third-order valence-corrected chi connectivity index (χ3v) is 2.43. The molecule has 0 aliphatic carbocycles. The van der Waals surface area contributed by atoms with Crippen molar-refractivity contribution in [3.05, 3.63) is 28.8 Å². The second kappa shape index (κ2) is 2.87. The van der Waals surface area contributed by atoms with Gasteiger partial charge in [-0.25, -0.2) is 0 Å². The van der Waals surface area contributed by atoms with Crippen LogP contribution < -0.4 is 4.74 Å². The van der Waals surface area contributed by atoms with Crippen LogP contribution in [0.1, 0.15) is 28.4 Å². The number of aldehydes is 1. The second-order valence-corrected chi connectivity index (χ2v) is 3.53. The second-order valence-electron chi connectivity index (χ2n) is 3.53. The molecule has 2 heteroatoms. The Kier molecular flexibility index (Phi) is 1.83. The maximum Gasteiger partial charge on any atom is 0.150 e. The first-order chi connectivity index (χ1) is 6.22. The molecule has 1 unspecified atom stereocenters. The van der Waals surface area contributed by atoms with E-state index in [0.29, 0.717) is 0 Å². The molecule has 68 valence electrons. The smallest absolute Gasteiger partial charge is 0.150 e. The summed E-state index contributed by atoms with van der Waals surface area (Å²) in [5.41, 5.74) is 2.96. The minimum absolute atomic E-state index is 0.204. The third kappa shape index (κ3) is 1.22. The highest BCUT2D eigenvalue weighted by Gasteiger charge is 2.23. The summed E-state index contributed by atoms with van der Waals surface area (Å²) < 4.78 is 5.62. The number of rotatable bonds is 1. The van der Waals surface area contributed by atoms with E-state index >= 15 is 0 Å². The molecular formula is C11H12O2. The fourth-order valence-electron chi connectivity index (χ4n) is 1.78. The molecule has 2 nitrogen and oxygen atoms in total. The van der Waals surface area contributed by atoms with Gasteiger partial charge in [-0.05, 0) is 19.4 Å². The molecular weight excluding hydrogens is 164 g/mol. The molecule has 1 aromatic rings. The molecule has 0 spiro atoms. The molecule has 1 heterocycles. The van der Waals surface area contributed by atoms with Crippen molar-refractivity contribution in [1.82, 2.24) is 0 Å². The van der Waals surface area contributed by atoms with E-state index in [9.17, 15) is 4.79 Å². The topological polar surface area (TPSA) is 26.3 Å². The lowest BCUT2D eigenvalue weighted by atomic mass is 10.0. The first-order valence-corrected chi connectivity index (χ1v) is 4.46. The predicted octanol–water partition coefficient (Wildman–Crippen LogP) is 2.13. The molecule has 1 aliphatic rings. The summed E-state index contributed by atoms with van der Waals surface area (Å²) in [4.78, 5) is 10.7. The van der Waals surface area contributed by atoms with Crippen molar-refractivity contribution < 1.29 is 9.53 Å². The maximum absolute atomic E-state index is 10.7. The van der Waals surface area contributed by atoms with Gasteiger partial charge in [0.15, 0.2) is 0 Å². The molecule has 0 aromatic heterocycles. The molecule has 1 aliphatic heterocycles. The summed E-state index contributed by atoms with van der Waals surface area (Å²) in [6.07, 6.45) is 1.96. The zero-order chi connectivity index (χ0) is 9.42. The van der Waals surface area contributed by atoms with Gasteiger partial charge in [0.1, 0.15) is 18.1 Å². The monoisotopic (exact) mass is 176 g/mol. The number of hydrogen-bond acceptors (Lipinski definition) is 2. The van der Waals surface area contributed by atoms with Crippen molar-refractivity contribution in [2.24, 2.45) is 0 Å². The Balaban J connectivity index is 2.58.